The van der Waals surface area contributed by atoms with Crippen molar-refractivity contribution in [2.45, 2.75) is 53.9 Å². The molecule has 34 heavy (non-hydrogen) atoms. The number of amides is 3. The first-order valence-corrected chi connectivity index (χ1v) is 11.6. The molecule has 3 rings (SSSR count). The molecule has 3 amide bonds. The summed E-state index contributed by atoms with van der Waals surface area (Å²) in [5, 5.41) is 10.7. The molecular weight excluding hydrogens is 426 g/mol. The summed E-state index contributed by atoms with van der Waals surface area (Å²) in [5.41, 5.74) is 5.38. The van der Waals surface area contributed by atoms with Crippen LogP contribution in [0.25, 0.3) is 5.69 Å². The second-order valence-corrected chi connectivity index (χ2v) is 9.67. The number of carbonyl (C=O) groups is 2. The minimum absolute atomic E-state index is 0.0723. The summed E-state index contributed by atoms with van der Waals surface area (Å²) in [6, 6.07) is 15.4. The van der Waals surface area contributed by atoms with E-state index in [2.05, 4.69) is 31.4 Å². The van der Waals surface area contributed by atoms with Gasteiger partial charge in [-0.2, -0.15) is 5.10 Å². The van der Waals surface area contributed by atoms with E-state index in [0.29, 0.717) is 12.4 Å². The maximum atomic E-state index is 13.0. The predicted octanol–water partition coefficient (Wildman–Crippen LogP) is 5.59. The molecule has 3 aromatic rings. The average Bonchev–Trinajstić information content (AvgIpc) is 3.19. The molecule has 1 heterocycles. The molecule has 0 aliphatic carbocycles. The van der Waals surface area contributed by atoms with Gasteiger partial charge in [0.15, 0.2) is 0 Å². The van der Waals surface area contributed by atoms with Crippen LogP contribution in [0.5, 0.6) is 0 Å². The Morgan fingerprint density at radius 3 is 2.21 bits per heavy atom. The lowest BCUT2D eigenvalue weighted by Crippen LogP contribution is -2.40. The van der Waals surface area contributed by atoms with E-state index in [4.69, 9.17) is 5.10 Å². The van der Waals surface area contributed by atoms with Crippen LogP contribution in [0.3, 0.4) is 0 Å². The molecule has 0 spiro atoms. The highest BCUT2D eigenvalue weighted by molar-refractivity contribution is 5.97. The van der Waals surface area contributed by atoms with Crippen molar-refractivity contribution < 1.29 is 9.59 Å². The fourth-order valence-corrected chi connectivity index (χ4v) is 3.67. The number of urea groups is 1. The molecule has 0 aliphatic heterocycles. The van der Waals surface area contributed by atoms with Gasteiger partial charge in [-0.25, -0.2) is 9.48 Å². The Balaban J connectivity index is 1.80. The van der Waals surface area contributed by atoms with Crippen molar-refractivity contribution in [3.05, 3.63) is 70.9 Å². The number of nitrogens with zero attached hydrogens (tertiary/aromatic N) is 3. The van der Waals surface area contributed by atoms with Crippen molar-refractivity contribution in [1.29, 1.82) is 0 Å². The number of para-hydroxylation sites is 1. The second kappa shape index (κ2) is 10.1. The topological polar surface area (TPSA) is 79.3 Å². The van der Waals surface area contributed by atoms with Crippen molar-refractivity contribution >= 4 is 23.4 Å². The average molecular weight is 462 g/mol. The molecule has 0 saturated heterocycles. The van der Waals surface area contributed by atoms with Crippen LogP contribution in [0.4, 0.5) is 16.3 Å². The van der Waals surface area contributed by atoms with Crippen LogP contribution < -0.4 is 10.6 Å². The van der Waals surface area contributed by atoms with E-state index in [0.717, 1.165) is 33.8 Å². The van der Waals surface area contributed by atoms with E-state index < -0.39 is 0 Å². The molecule has 7 nitrogen and oxygen atoms in total. The first-order valence-electron chi connectivity index (χ1n) is 11.6. The highest BCUT2D eigenvalue weighted by atomic mass is 16.2. The fraction of sp³-hybridized carbons (Fsp3) is 0.370. The molecule has 0 fully saturated rings. The lowest BCUT2D eigenvalue weighted by molar-refractivity contribution is -0.116. The summed E-state index contributed by atoms with van der Waals surface area (Å²) in [6.07, 6.45) is 0. The van der Waals surface area contributed by atoms with Crippen LogP contribution in [0.1, 0.15) is 50.1 Å². The summed E-state index contributed by atoms with van der Waals surface area (Å²) in [6.45, 7) is 14.3. The van der Waals surface area contributed by atoms with E-state index >= 15 is 0 Å². The monoisotopic (exact) mass is 461 g/mol. The Hall–Kier alpha value is -3.61. The van der Waals surface area contributed by atoms with Gasteiger partial charge in [0, 0.05) is 23.7 Å². The Morgan fingerprint density at radius 2 is 1.62 bits per heavy atom. The van der Waals surface area contributed by atoms with Gasteiger partial charge in [-0.3, -0.25) is 4.79 Å². The molecule has 0 unspecified atom stereocenters. The Bertz CT molecular complexity index is 1170. The van der Waals surface area contributed by atoms with E-state index in [1.807, 2.05) is 76.2 Å². The largest absolute Gasteiger partial charge is 0.322 e. The molecule has 0 radical (unpaired) electrons. The maximum Gasteiger partial charge on any atom is 0.322 e. The van der Waals surface area contributed by atoms with Crippen LogP contribution in [0, 0.1) is 20.8 Å². The predicted molar refractivity (Wildman–Crippen MR) is 138 cm³/mol. The SMILES string of the molecule is CCN(CC(=O)Nc1cc(C(C)(C)C)nn1-c1cccc(C)c1)C(=O)Nc1c(C)cccc1C. The van der Waals surface area contributed by atoms with Gasteiger partial charge in [0.25, 0.3) is 0 Å². The van der Waals surface area contributed by atoms with Crippen molar-refractivity contribution in [3.8, 4) is 5.69 Å². The Morgan fingerprint density at radius 1 is 0.971 bits per heavy atom. The number of likely N-dealkylation sites (N-methyl/N-ethyl adjacent to an activating group) is 1. The number of aromatic nitrogens is 2. The number of anilines is 2. The van der Waals surface area contributed by atoms with Crippen LogP contribution in [-0.4, -0.2) is 39.7 Å². The zero-order valence-electron chi connectivity index (χ0n) is 21.2. The highest BCUT2D eigenvalue weighted by Crippen LogP contribution is 2.27. The summed E-state index contributed by atoms with van der Waals surface area (Å²) in [4.78, 5) is 27.4. The van der Waals surface area contributed by atoms with Gasteiger partial charge in [-0.05, 0) is 56.5 Å². The molecule has 180 valence electrons. The number of hydrogen-bond acceptors (Lipinski definition) is 3. The molecule has 2 aromatic carbocycles. The van der Waals surface area contributed by atoms with Gasteiger partial charge in [0.1, 0.15) is 12.4 Å². The van der Waals surface area contributed by atoms with Gasteiger partial charge in [0.05, 0.1) is 11.4 Å². The molecule has 7 heteroatoms. The van der Waals surface area contributed by atoms with Crippen LogP contribution in [-0.2, 0) is 10.2 Å². The summed E-state index contributed by atoms with van der Waals surface area (Å²) < 4.78 is 1.75. The van der Waals surface area contributed by atoms with E-state index in [9.17, 15) is 9.59 Å². The summed E-state index contributed by atoms with van der Waals surface area (Å²) in [5.74, 6) is 0.291. The number of nitrogens with one attached hydrogen (secondary N) is 2. The van der Waals surface area contributed by atoms with E-state index in [-0.39, 0.29) is 23.9 Å². The quantitative estimate of drug-likeness (QED) is 0.502. The third kappa shape index (κ3) is 5.84. The molecule has 0 bridgehead atoms. The number of rotatable bonds is 6. The van der Waals surface area contributed by atoms with Crippen molar-refractivity contribution in [2.24, 2.45) is 0 Å². The van der Waals surface area contributed by atoms with Crippen molar-refractivity contribution in [2.75, 3.05) is 23.7 Å². The summed E-state index contributed by atoms with van der Waals surface area (Å²) in [7, 11) is 0. The Labute approximate surface area is 202 Å². The second-order valence-electron chi connectivity index (χ2n) is 9.67. The van der Waals surface area contributed by atoms with Crippen molar-refractivity contribution in [1.82, 2.24) is 14.7 Å². The van der Waals surface area contributed by atoms with Crippen LogP contribution >= 0.6 is 0 Å². The third-order valence-corrected chi connectivity index (χ3v) is 5.71. The van der Waals surface area contributed by atoms with Gasteiger partial charge in [0.2, 0.25) is 5.91 Å². The zero-order chi connectivity index (χ0) is 25.0. The van der Waals surface area contributed by atoms with E-state index in [1.54, 1.807) is 4.68 Å². The molecule has 1 aromatic heterocycles. The molecule has 0 aliphatic rings. The lowest BCUT2D eigenvalue weighted by Gasteiger charge is -2.22. The zero-order valence-corrected chi connectivity index (χ0v) is 21.2. The molecule has 0 atom stereocenters. The maximum absolute atomic E-state index is 13.0. The molecule has 0 saturated carbocycles. The van der Waals surface area contributed by atoms with Gasteiger partial charge in [-0.15, -0.1) is 0 Å². The van der Waals surface area contributed by atoms with Crippen LogP contribution in [0.15, 0.2) is 48.5 Å². The molecule has 2 N–H and O–H groups in total. The van der Waals surface area contributed by atoms with Crippen molar-refractivity contribution in [3.63, 3.8) is 0 Å². The standard InChI is InChI=1S/C27H35N5O2/c1-8-31(26(34)29-25-19(3)12-10-13-20(25)4)17-24(33)28-23-16-22(27(5,6)7)30-32(23)21-14-9-11-18(2)15-21/h9-16H,8,17H2,1-7H3,(H,28,33)(H,29,34). The normalized spacial score (nSPS) is 11.3. The number of hydrogen-bond donors (Lipinski definition) is 2. The van der Waals surface area contributed by atoms with Gasteiger partial charge >= 0.3 is 6.03 Å². The molecular formula is C27H35N5O2. The minimum Gasteiger partial charge on any atom is -0.315 e. The van der Waals surface area contributed by atoms with Gasteiger partial charge in [-0.1, -0.05) is 51.1 Å². The lowest BCUT2D eigenvalue weighted by atomic mass is 9.92. The smallest absolute Gasteiger partial charge is 0.315 e. The number of carbonyl (C=O) groups excluding carboxylic acids is 2. The minimum atomic E-state index is -0.308. The van der Waals surface area contributed by atoms with Gasteiger partial charge < -0.3 is 15.5 Å². The summed E-state index contributed by atoms with van der Waals surface area (Å²) >= 11 is 0. The van der Waals surface area contributed by atoms with Crippen LogP contribution in [0.2, 0.25) is 0 Å². The Kier molecular flexibility index (Phi) is 7.44. The first kappa shape index (κ1) is 25.0. The number of aryl methyl sites for hydroxylation is 3. The first-order chi connectivity index (χ1) is 16.0. The third-order valence-electron chi connectivity index (χ3n) is 5.71. The van der Waals surface area contributed by atoms with E-state index in [1.165, 1.54) is 4.90 Å². The number of benzene rings is 2. The fourth-order valence-electron chi connectivity index (χ4n) is 3.67. The highest BCUT2D eigenvalue weighted by Gasteiger charge is 2.23.